The summed E-state index contributed by atoms with van der Waals surface area (Å²) in [6.07, 6.45) is 7.56. The van der Waals surface area contributed by atoms with Gasteiger partial charge in [0, 0.05) is 6.54 Å². The van der Waals surface area contributed by atoms with Crippen molar-refractivity contribution >= 4 is 17.9 Å². The first kappa shape index (κ1) is 18.8. The van der Waals surface area contributed by atoms with Crippen LogP contribution in [0, 0.1) is 0 Å². The zero-order valence-corrected chi connectivity index (χ0v) is 14.9. The molecule has 0 saturated carbocycles. The van der Waals surface area contributed by atoms with Gasteiger partial charge in [-0.25, -0.2) is 9.59 Å². The molecule has 8 heteroatoms. The lowest BCUT2D eigenvalue weighted by Gasteiger charge is -2.13. The van der Waals surface area contributed by atoms with E-state index in [9.17, 15) is 14.4 Å². The molecule has 3 rings (SSSR count). The van der Waals surface area contributed by atoms with Crippen molar-refractivity contribution in [3.05, 3.63) is 35.4 Å². The van der Waals surface area contributed by atoms with Gasteiger partial charge in [-0.3, -0.25) is 10.1 Å². The number of benzene rings is 1. The number of rotatable bonds is 6. The Kier molecular flexibility index (Phi) is 6.30. The fourth-order valence-corrected chi connectivity index (χ4v) is 2.91. The highest BCUT2D eigenvalue weighted by Gasteiger charge is 2.18. The molecular formula is C19H22N2O6. The fraction of sp³-hybridized carbons (Fsp3) is 0.421. The number of ether oxygens (including phenoxy) is 3. The van der Waals surface area contributed by atoms with Gasteiger partial charge in [-0.05, 0) is 50.3 Å². The molecule has 0 unspecified atom stereocenters. The maximum atomic E-state index is 12.0. The summed E-state index contributed by atoms with van der Waals surface area (Å²) in [5, 5.41) is 4.76. The van der Waals surface area contributed by atoms with E-state index in [1.807, 2.05) is 0 Å². The first-order chi connectivity index (χ1) is 13.1. The first-order valence-corrected chi connectivity index (χ1v) is 8.94. The summed E-state index contributed by atoms with van der Waals surface area (Å²) in [5.41, 5.74) is 1.57. The van der Waals surface area contributed by atoms with Crippen LogP contribution in [0.2, 0.25) is 0 Å². The normalized spacial score (nSPS) is 14.9. The van der Waals surface area contributed by atoms with E-state index >= 15 is 0 Å². The van der Waals surface area contributed by atoms with Gasteiger partial charge in [0.1, 0.15) is 0 Å². The Labute approximate surface area is 156 Å². The second-order valence-electron chi connectivity index (χ2n) is 6.31. The molecule has 0 saturated heterocycles. The molecule has 8 nitrogen and oxygen atoms in total. The van der Waals surface area contributed by atoms with Crippen molar-refractivity contribution in [3.8, 4) is 11.5 Å². The largest absolute Gasteiger partial charge is 0.454 e. The highest BCUT2D eigenvalue weighted by atomic mass is 16.7. The van der Waals surface area contributed by atoms with Crippen molar-refractivity contribution in [2.24, 2.45) is 0 Å². The van der Waals surface area contributed by atoms with E-state index in [-0.39, 0.29) is 12.4 Å². The summed E-state index contributed by atoms with van der Waals surface area (Å²) in [4.78, 5) is 35.4. The van der Waals surface area contributed by atoms with Crippen LogP contribution in [0.3, 0.4) is 0 Å². The van der Waals surface area contributed by atoms with Crippen molar-refractivity contribution in [3.63, 3.8) is 0 Å². The summed E-state index contributed by atoms with van der Waals surface area (Å²) < 4.78 is 15.3. The summed E-state index contributed by atoms with van der Waals surface area (Å²) in [5.74, 6) is -0.391. The molecule has 0 fully saturated rings. The smallest absolute Gasteiger partial charge is 0.338 e. The number of fused-ring (bicyclic) bond motifs is 1. The third-order valence-electron chi connectivity index (χ3n) is 4.31. The van der Waals surface area contributed by atoms with Gasteiger partial charge in [0.25, 0.3) is 5.91 Å². The van der Waals surface area contributed by atoms with Crippen LogP contribution in [-0.2, 0) is 9.53 Å². The molecule has 1 aromatic rings. The highest BCUT2D eigenvalue weighted by Crippen LogP contribution is 2.32. The molecule has 1 aromatic carbocycles. The Morgan fingerprint density at radius 1 is 1.11 bits per heavy atom. The zero-order valence-electron chi connectivity index (χ0n) is 14.9. The Morgan fingerprint density at radius 3 is 2.78 bits per heavy atom. The molecule has 0 spiro atoms. The van der Waals surface area contributed by atoms with Gasteiger partial charge >= 0.3 is 12.0 Å². The molecule has 27 heavy (non-hydrogen) atoms. The lowest BCUT2D eigenvalue weighted by molar-refractivity contribution is -0.123. The van der Waals surface area contributed by atoms with E-state index < -0.39 is 24.5 Å². The summed E-state index contributed by atoms with van der Waals surface area (Å²) in [6.45, 7) is 0.0103. The molecular weight excluding hydrogens is 352 g/mol. The van der Waals surface area contributed by atoms with E-state index in [1.165, 1.54) is 30.5 Å². The number of imide groups is 1. The van der Waals surface area contributed by atoms with Crippen LogP contribution in [0.25, 0.3) is 0 Å². The minimum atomic E-state index is -0.696. The number of nitrogens with one attached hydrogen (secondary N) is 2. The molecule has 1 heterocycles. The third-order valence-corrected chi connectivity index (χ3v) is 4.31. The maximum Gasteiger partial charge on any atom is 0.338 e. The predicted octanol–water partition coefficient (Wildman–Crippen LogP) is 2.29. The van der Waals surface area contributed by atoms with Gasteiger partial charge in [-0.15, -0.1) is 0 Å². The van der Waals surface area contributed by atoms with Crippen LogP contribution in [0.5, 0.6) is 11.5 Å². The van der Waals surface area contributed by atoms with Gasteiger partial charge in [0.05, 0.1) is 5.56 Å². The molecule has 0 aromatic heterocycles. The number of hydrogen-bond donors (Lipinski definition) is 2. The monoisotopic (exact) mass is 374 g/mol. The van der Waals surface area contributed by atoms with E-state index in [0.717, 1.165) is 19.3 Å². The number of urea groups is 1. The second-order valence-corrected chi connectivity index (χ2v) is 6.31. The molecule has 144 valence electrons. The Hall–Kier alpha value is -3.03. The number of hydrogen-bond acceptors (Lipinski definition) is 6. The number of carbonyl (C=O) groups is 3. The number of esters is 1. The first-order valence-electron chi connectivity index (χ1n) is 8.94. The minimum absolute atomic E-state index is 0.0998. The van der Waals surface area contributed by atoms with Crippen LogP contribution >= 0.6 is 0 Å². The molecule has 0 radical (unpaired) electrons. The quantitative estimate of drug-likeness (QED) is 0.585. The van der Waals surface area contributed by atoms with Crippen LogP contribution in [0.4, 0.5) is 4.79 Å². The van der Waals surface area contributed by atoms with Crippen LogP contribution in [-0.4, -0.2) is 37.9 Å². The molecule has 1 aliphatic heterocycles. The van der Waals surface area contributed by atoms with Gasteiger partial charge in [-0.2, -0.15) is 0 Å². The maximum absolute atomic E-state index is 12.0. The van der Waals surface area contributed by atoms with Crippen LogP contribution < -0.4 is 20.1 Å². The summed E-state index contributed by atoms with van der Waals surface area (Å²) >= 11 is 0. The molecule has 2 N–H and O–H groups in total. The average molecular weight is 374 g/mol. The van der Waals surface area contributed by atoms with Crippen molar-refractivity contribution in [2.45, 2.75) is 32.1 Å². The van der Waals surface area contributed by atoms with Crippen LogP contribution in [0.15, 0.2) is 29.8 Å². The molecule has 0 bridgehead atoms. The summed E-state index contributed by atoms with van der Waals surface area (Å²) in [6, 6.07) is 3.99. The van der Waals surface area contributed by atoms with Gasteiger partial charge in [0.15, 0.2) is 18.1 Å². The highest BCUT2D eigenvalue weighted by molar-refractivity contribution is 5.97. The standard InChI is InChI=1S/C19H22N2O6/c22-17(21-19(24)20-9-8-13-4-2-1-3-5-13)11-25-18(23)14-6-7-15-16(10-14)27-12-26-15/h4,6-7,10H,1-3,5,8-9,11-12H2,(H2,20,21,22,24). The Morgan fingerprint density at radius 2 is 1.96 bits per heavy atom. The third kappa shape index (κ3) is 5.47. The van der Waals surface area contributed by atoms with E-state index in [4.69, 9.17) is 14.2 Å². The number of allylic oxidation sites excluding steroid dienone is 1. The SMILES string of the molecule is O=C(COC(=O)c1ccc2c(c1)OCO2)NC(=O)NCCC1=CCCCC1. The number of carbonyl (C=O) groups excluding carboxylic acids is 3. The predicted molar refractivity (Wildman–Crippen MR) is 95.6 cm³/mol. The lowest BCUT2D eigenvalue weighted by Crippen LogP contribution is -2.41. The Balaban J connectivity index is 1.35. The van der Waals surface area contributed by atoms with Gasteiger partial charge in [-0.1, -0.05) is 11.6 Å². The topological polar surface area (TPSA) is 103 Å². The molecule has 3 amide bonds. The molecule has 1 aliphatic carbocycles. The van der Waals surface area contributed by atoms with E-state index in [0.29, 0.717) is 18.0 Å². The number of amides is 3. The zero-order chi connectivity index (χ0) is 19.1. The fourth-order valence-electron chi connectivity index (χ4n) is 2.91. The van der Waals surface area contributed by atoms with E-state index in [1.54, 1.807) is 6.07 Å². The second kappa shape index (κ2) is 9.07. The Bertz CT molecular complexity index is 759. The van der Waals surface area contributed by atoms with Gasteiger partial charge < -0.3 is 19.5 Å². The average Bonchev–Trinajstić information content (AvgIpc) is 3.14. The van der Waals surface area contributed by atoms with Crippen molar-refractivity contribution in [1.29, 1.82) is 0 Å². The van der Waals surface area contributed by atoms with Gasteiger partial charge in [0.2, 0.25) is 6.79 Å². The lowest BCUT2D eigenvalue weighted by atomic mass is 9.97. The van der Waals surface area contributed by atoms with E-state index in [2.05, 4.69) is 16.7 Å². The summed E-state index contributed by atoms with van der Waals surface area (Å²) in [7, 11) is 0. The van der Waals surface area contributed by atoms with Crippen LogP contribution in [0.1, 0.15) is 42.5 Å². The van der Waals surface area contributed by atoms with Crippen molar-refractivity contribution in [1.82, 2.24) is 10.6 Å². The minimum Gasteiger partial charge on any atom is -0.454 e. The van der Waals surface area contributed by atoms with Crippen molar-refractivity contribution in [2.75, 3.05) is 19.9 Å². The molecule has 0 atom stereocenters. The van der Waals surface area contributed by atoms with Crippen molar-refractivity contribution < 1.29 is 28.6 Å². The molecule has 2 aliphatic rings.